The Labute approximate surface area is 99.4 Å². The first kappa shape index (κ1) is 10.3. The van der Waals surface area contributed by atoms with Crippen LogP contribution in [-0.4, -0.2) is 29.8 Å². The van der Waals surface area contributed by atoms with E-state index in [4.69, 9.17) is 0 Å². The lowest BCUT2D eigenvalue weighted by Gasteiger charge is -2.23. The number of aromatic hydroxyl groups is 1. The molecule has 0 saturated carbocycles. The molecule has 17 heavy (non-hydrogen) atoms. The van der Waals surface area contributed by atoms with E-state index in [1.165, 1.54) is 0 Å². The van der Waals surface area contributed by atoms with E-state index in [1.54, 1.807) is 18.2 Å². The summed E-state index contributed by atoms with van der Waals surface area (Å²) in [5.74, 6) is 1.08. The van der Waals surface area contributed by atoms with E-state index >= 15 is 0 Å². The number of aliphatic imine (C=N–C) groups is 1. The highest BCUT2D eigenvalue weighted by molar-refractivity contribution is 6.13. The SMILES string of the molecule is O=C1c2ccc(O)cc2CCC1C1=NCCN1. The van der Waals surface area contributed by atoms with Gasteiger partial charge < -0.3 is 10.4 Å². The minimum Gasteiger partial charge on any atom is -0.508 e. The second kappa shape index (κ2) is 3.87. The van der Waals surface area contributed by atoms with Crippen molar-refractivity contribution >= 4 is 11.6 Å². The van der Waals surface area contributed by atoms with E-state index in [1.807, 2.05) is 0 Å². The Bertz CT molecular complexity index is 508. The molecule has 0 radical (unpaired) electrons. The summed E-state index contributed by atoms with van der Waals surface area (Å²) < 4.78 is 0. The van der Waals surface area contributed by atoms with E-state index in [0.717, 1.165) is 42.9 Å². The van der Waals surface area contributed by atoms with Crippen molar-refractivity contribution in [2.45, 2.75) is 12.8 Å². The van der Waals surface area contributed by atoms with Crippen molar-refractivity contribution in [3.63, 3.8) is 0 Å². The molecular formula is C13H14N2O2. The van der Waals surface area contributed by atoms with Crippen LogP contribution in [0.15, 0.2) is 23.2 Å². The maximum atomic E-state index is 12.3. The van der Waals surface area contributed by atoms with Crippen molar-refractivity contribution in [1.82, 2.24) is 5.32 Å². The number of Topliss-reactive ketones (excluding diaryl/α,β-unsaturated/α-hetero) is 1. The molecule has 88 valence electrons. The number of rotatable bonds is 1. The number of amidine groups is 1. The zero-order valence-electron chi connectivity index (χ0n) is 9.44. The van der Waals surface area contributed by atoms with Crippen molar-refractivity contribution < 1.29 is 9.90 Å². The molecule has 0 bridgehead atoms. The molecule has 0 fully saturated rings. The predicted molar refractivity (Wildman–Crippen MR) is 64.6 cm³/mol. The van der Waals surface area contributed by atoms with Crippen LogP contribution in [0.1, 0.15) is 22.3 Å². The monoisotopic (exact) mass is 230 g/mol. The molecule has 1 aliphatic heterocycles. The number of carbonyl (C=O) groups excluding carboxylic acids is 1. The minimum atomic E-state index is -0.116. The van der Waals surface area contributed by atoms with Crippen LogP contribution >= 0.6 is 0 Å². The van der Waals surface area contributed by atoms with E-state index in [0.29, 0.717) is 0 Å². The number of phenols is 1. The molecule has 3 rings (SSSR count). The molecule has 0 saturated heterocycles. The summed E-state index contributed by atoms with van der Waals surface area (Å²) in [5, 5.41) is 12.6. The van der Waals surface area contributed by atoms with Crippen molar-refractivity contribution in [3.05, 3.63) is 29.3 Å². The average Bonchev–Trinajstić information content (AvgIpc) is 2.82. The van der Waals surface area contributed by atoms with Crippen LogP contribution in [0.3, 0.4) is 0 Å². The first-order valence-electron chi connectivity index (χ1n) is 5.90. The number of nitrogens with zero attached hydrogens (tertiary/aromatic N) is 1. The molecule has 4 nitrogen and oxygen atoms in total. The van der Waals surface area contributed by atoms with Gasteiger partial charge in [-0.2, -0.15) is 0 Å². The summed E-state index contributed by atoms with van der Waals surface area (Å²) in [6.07, 6.45) is 1.60. The Kier molecular flexibility index (Phi) is 2.35. The van der Waals surface area contributed by atoms with Gasteiger partial charge in [0.15, 0.2) is 5.78 Å². The fourth-order valence-electron chi connectivity index (χ4n) is 2.56. The number of ketones is 1. The highest BCUT2D eigenvalue weighted by Gasteiger charge is 2.32. The Morgan fingerprint density at radius 2 is 2.29 bits per heavy atom. The molecule has 1 heterocycles. The third-order valence-electron chi connectivity index (χ3n) is 3.40. The van der Waals surface area contributed by atoms with Gasteiger partial charge in [-0.25, -0.2) is 0 Å². The summed E-state index contributed by atoms with van der Waals surface area (Å²) >= 11 is 0. The van der Waals surface area contributed by atoms with E-state index in [9.17, 15) is 9.90 Å². The molecule has 1 aromatic rings. The number of phenolic OH excluding ortho intramolecular Hbond substituents is 1. The first-order chi connectivity index (χ1) is 8.25. The van der Waals surface area contributed by atoms with Crippen LogP contribution < -0.4 is 5.32 Å². The van der Waals surface area contributed by atoms with Crippen LogP contribution in [0, 0.1) is 5.92 Å². The molecule has 0 spiro atoms. The summed E-state index contributed by atoms with van der Waals surface area (Å²) in [6, 6.07) is 4.98. The Morgan fingerprint density at radius 3 is 3.06 bits per heavy atom. The molecule has 1 aliphatic carbocycles. The predicted octanol–water partition coefficient (Wildman–Crippen LogP) is 1.14. The number of fused-ring (bicyclic) bond motifs is 1. The molecule has 2 N–H and O–H groups in total. The number of carbonyl (C=O) groups is 1. The van der Waals surface area contributed by atoms with Gasteiger partial charge in [0.05, 0.1) is 12.5 Å². The van der Waals surface area contributed by atoms with Gasteiger partial charge in [0.2, 0.25) is 0 Å². The van der Waals surface area contributed by atoms with E-state index in [2.05, 4.69) is 10.3 Å². The summed E-state index contributed by atoms with van der Waals surface area (Å²) in [6.45, 7) is 1.60. The van der Waals surface area contributed by atoms with Crippen molar-refractivity contribution in [3.8, 4) is 5.75 Å². The third kappa shape index (κ3) is 1.69. The van der Waals surface area contributed by atoms with Gasteiger partial charge in [-0.05, 0) is 36.6 Å². The lowest BCUT2D eigenvalue weighted by Crippen LogP contribution is -2.35. The summed E-state index contributed by atoms with van der Waals surface area (Å²) in [5.41, 5.74) is 1.68. The fraction of sp³-hybridized carbons (Fsp3) is 0.385. The Morgan fingerprint density at radius 1 is 1.41 bits per heavy atom. The van der Waals surface area contributed by atoms with Gasteiger partial charge in [0, 0.05) is 12.1 Å². The van der Waals surface area contributed by atoms with Crippen LogP contribution in [-0.2, 0) is 6.42 Å². The maximum absolute atomic E-state index is 12.3. The standard InChI is InChI=1S/C13H14N2O2/c16-9-2-4-10-8(7-9)1-3-11(12(10)17)13-14-5-6-15-13/h2,4,7,11,16H,1,3,5-6H2,(H,14,15). The molecule has 0 aromatic heterocycles. The van der Waals surface area contributed by atoms with Gasteiger partial charge in [0.1, 0.15) is 11.6 Å². The highest BCUT2D eigenvalue weighted by atomic mass is 16.3. The van der Waals surface area contributed by atoms with Crippen molar-refractivity contribution in [1.29, 1.82) is 0 Å². The molecule has 2 aliphatic rings. The van der Waals surface area contributed by atoms with Crippen LogP contribution in [0.5, 0.6) is 5.75 Å². The molecular weight excluding hydrogens is 216 g/mol. The molecule has 1 unspecified atom stereocenters. The summed E-state index contributed by atoms with van der Waals surface area (Å²) in [7, 11) is 0. The summed E-state index contributed by atoms with van der Waals surface area (Å²) in [4.78, 5) is 16.6. The average molecular weight is 230 g/mol. The van der Waals surface area contributed by atoms with E-state index < -0.39 is 0 Å². The van der Waals surface area contributed by atoms with Crippen molar-refractivity contribution in [2.75, 3.05) is 13.1 Å². The minimum absolute atomic E-state index is 0.116. The zero-order chi connectivity index (χ0) is 11.8. The van der Waals surface area contributed by atoms with Crippen LogP contribution in [0.4, 0.5) is 0 Å². The number of aryl methyl sites for hydroxylation is 1. The van der Waals surface area contributed by atoms with Gasteiger partial charge >= 0.3 is 0 Å². The fourth-order valence-corrected chi connectivity index (χ4v) is 2.56. The Hall–Kier alpha value is -1.84. The van der Waals surface area contributed by atoms with Crippen molar-refractivity contribution in [2.24, 2.45) is 10.9 Å². The van der Waals surface area contributed by atoms with Crippen LogP contribution in [0.25, 0.3) is 0 Å². The normalized spacial score (nSPS) is 22.9. The molecule has 1 atom stereocenters. The smallest absolute Gasteiger partial charge is 0.173 e. The van der Waals surface area contributed by atoms with Gasteiger partial charge in [-0.1, -0.05) is 0 Å². The maximum Gasteiger partial charge on any atom is 0.173 e. The molecule has 0 amide bonds. The van der Waals surface area contributed by atoms with Gasteiger partial charge in [0.25, 0.3) is 0 Å². The van der Waals surface area contributed by atoms with Gasteiger partial charge in [-0.15, -0.1) is 0 Å². The Balaban J connectivity index is 1.95. The van der Waals surface area contributed by atoms with Crippen LogP contribution in [0.2, 0.25) is 0 Å². The number of benzene rings is 1. The third-order valence-corrected chi connectivity index (χ3v) is 3.40. The second-order valence-electron chi connectivity index (χ2n) is 4.49. The van der Waals surface area contributed by atoms with Gasteiger partial charge in [-0.3, -0.25) is 9.79 Å². The largest absolute Gasteiger partial charge is 0.508 e. The quantitative estimate of drug-likeness (QED) is 0.760. The lowest BCUT2D eigenvalue weighted by molar-refractivity contribution is 0.0939. The number of hydrogen-bond donors (Lipinski definition) is 2. The molecule has 4 heteroatoms. The second-order valence-corrected chi connectivity index (χ2v) is 4.49. The van der Waals surface area contributed by atoms with E-state index in [-0.39, 0.29) is 17.5 Å². The molecule has 1 aromatic carbocycles. The number of nitrogens with one attached hydrogen (secondary N) is 1. The zero-order valence-corrected chi connectivity index (χ0v) is 9.44. The number of hydrogen-bond acceptors (Lipinski definition) is 4. The first-order valence-corrected chi connectivity index (χ1v) is 5.90. The highest BCUT2D eigenvalue weighted by Crippen LogP contribution is 2.29. The topological polar surface area (TPSA) is 61.7 Å². The lowest BCUT2D eigenvalue weighted by atomic mass is 9.82.